The maximum atomic E-state index is 11.1. The van der Waals surface area contributed by atoms with E-state index in [4.69, 9.17) is 4.42 Å². The average molecular weight is 232 g/mol. The highest BCUT2D eigenvalue weighted by Gasteiger charge is 1.96. The Morgan fingerprint density at radius 3 is 2.94 bits per heavy atom. The Kier molecular flexibility index (Phi) is 3.04. The first kappa shape index (κ1) is 11.1. The molecular formula is C11H12N4O2. The van der Waals surface area contributed by atoms with Crippen LogP contribution in [0.1, 0.15) is 17.2 Å². The van der Waals surface area contributed by atoms with Crippen molar-refractivity contribution in [3.8, 4) is 0 Å². The number of furan rings is 1. The molecule has 6 heteroatoms. The van der Waals surface area contributed by atoms with Crippen molar-refractivity contribution in [2.24, 2.45) is 5.10 Å². The molecule has 0 unspecified atom stereocenters. The summed E-state index contributed by atoms with van der Waals surface area (Å²) in [5.74, 6) is 1.74. The van der Waals surface area contributed by atoms with E-state index in [1.807, 2.05) is 13.0 Å². The maximum Gasteiger partial charge on any atom is 0.252 e. The predicted molar refractivity (Wildman–Crippen MR) is 64.3 cm³/mol. The van der Waals surface area contributed by atoms with Crippen molar-refractivity contribution >= 4 is 12.2 Å². The zero-order chi connectivity index (χ0) is 12.3. The molecule has 0 radical (unpaired) electrons. The number of hydrogen-bond acceptors (Lipinski definition) is 5. The molecule has 88 valence electrons. The average Bonchev–Trinajstić information content (AvgIpc) is 2.63. The molecule has 2 aromatic heterocycles. The third-order valence-corrected chi connectivity index (χ3v) is 1.99. The largest absolute Gasteiger partial charge is 0.460 e. The number of H-pyrrole nitrogens is 1. The number of aryl methyl sites for hydroxylation is 2. The van der Waals surface area contributed by atoms with Crippen LogP contribution >= 0.6 is 0 Å². The van der Waals surface area contributed by atoms with Gasteiger partial charge in [-0.2, -0.15) is 5.10 Å². The van der Waals surface area contributed by atoms with Crippen molar-refractivity contribution in [2.45, 2.75) is 13.8 Å². The highest BCUT2D eigenvalue weighted by Crippen LogP contribution is 2.03. The lowest BCUT2D eigenvalue weighted by molar-refractivity contribution is 0.528. The molecule has 0 aliphatic rings. The summed E-state index contributed by atoms with van der Waals surface area (Å²) in [6.45, 7) is 3.59. The van der Waals surface area contributed by atoms with E-state index in [2.05, 4.69) is 20.5 Å². The Bertz CT molecular complexity index is 598. The topological polar surface area (TPSA) is 83.3 Å². The van der Waals surface area contributed by atoms with Gasteiger partial charge in [-0.1, -0.05) is 0 Å². The van der Waals surface area contributed by atoms with Crippen LogP contribution in [0.2, 0.25) is 0 Å². The fourth-order valence-electron chi connectivity index (χ4n) is 1.31. The van der Waals surface area contributed by atoms with E-state index >= 15 is 0 Å². The summed E-state index contributed by atoms with van der Waals surface area (Å²) in [5.41, 5.74) is 3.03. The minimum absolute atomic E-state index is 0.218. The molecule has 17 heavy (non-hydrogen) atoms. The Hall–Kier alpha value is -2.37. The molecule has 0 aliphatic carbocycles. The molecule has 0 spiro atoms. The van der Waals surface area contributed by atoms with Gasteiger partial charge in [-0.25, -0.2) is 10.4 Å². The van der Waals surface area contributed by atoms with Crippen molar-refractivity contribution in [1.82, 2.24) is 9.97 Å². The molecule has 2 rings (SSSR count). The number of aromatic amines is 1. The molecule has 0 aromatic carbocycles. The van der Waals surface area contributed by atoms with Gasteiger partial charge >= 0.3 is 0 Å². The van der Waals surface area contributed by atoms with Gasteiger partial charge in [-0.05, 0) is 26.0 Å². The van der Waals surface area contributed by atoms with Crippen molar-refractivity contribution in [3.05, 3.63) is 45.8 Å². The van der Waals surface area contributed by atoms with Crippen molar-refractivity contribution in [3.63, 3.8) is 0 Å². The highest BCUT2D eigenvalue weighted by molar-refractivity contribution is 5.76. The molecule has 2 heterocycles. The summed E-state index contributed by atoms with van der Waals surface area (Å²) in [6, 6.07) is 5.05. The molecule has 0 saturated carbocycles. The predicted octanol–water partition coefficient (Wildman–Crippen LogP) is 1.43. The van der Waals surface area contributed by atoms with Crippen LogP contribution in [-0.2, 0) is 0 Å². The third-order valence-electron chi connectivity index (χ3n) is 1.99. The monoisotopic (exact) mass is 232 g/mol. The van der Waals surface area contributed by atoms with E-state index in [9.17, 15) is 4.79 Å². The summed E-state index contributed by atoms with van der Waals surface area (Å²) >= 11 is 0. The quantitative estimate of drug-likeness (QED) is 0.619. The minimum atomic E-state index is -0.218. The minimum Gasteiger partial charge on any atom is -0.460 e. The summed E-state index contributed by atoms with van der Waals surface area (Å²) in [7, 11) is 0. The number of nitrogens with one attached hydrogen (secondary N) is 2. The summed E-state index contributed by atoms with van der Waals surface area (Å²) in [4.78, 5) is 17.7. The van der Waals surface area contributed by atoms with Gasteiger partial charge in [0.15, 0.2) is 0 Å². The van der Waals surface area contributed by atoms with E-state index < -0.39 is 0 Å². The second-order valence-corrected chi connectivity index (χ2v) is 3.55. The maximum absolute atomic E-state index is 11.1. The molecule has 6 nitrogen and oxygen atoms in total. The Morgan fingerprint density at radius 2 is 2.29 bits per heavy atom. The van der Waals surface area contributed by atoms with Crippen LogP contribution in [0, 0.1) is 13.8 Å². The van der Waals surface area contributed by atoms with Crippen LogP contribution in [0.15, 0.2) is 32.5 Å². The smallest absolute Gasteiger partial charge is 0.252 e. The lowest BCUT2D eigenvalue weighted by Gasteiger charge is -1.98. The SMILES string of the molecule is Cc1cc(=O)[nH]c(N/N=C/c2ccc(C)o2)n1. The standard InChI is InChI=1S/C11H12N4O2/c1-7-5-10(16)14-11(13-7)15-12-6-9-4-3-8(2)17-9/h3-6H,1-2H3,(H2,13,14,15,16)/b12-6+. The number of hydrazone groups is 1. The van der Waals surface area contributed by atoms with E-state index in [-0.39, 0.29) is 5.56 Å². The molecule has 0 bridgehead atoms. The molecule has 0 amide bonds. The van der Waals surface area contributed by atoms with Gasteiger partial charge in [-0.3, -0.25) is 9.78 Å². The lowest BCUT2D eigenvalue weighted by atomic mass is 10.4. The molecule has 0 fully saturated rings. The van der Waals surface area contributed by atoms with Gasteiger partial charge in [0.25, 0.3) is 5.56 Å². The Labute approximate surface area is 97.4 Å². The van der Waals surface area contributed by atoms with Crippen LogP contribution in [0.4, 0.5) is 5.95 Å². The van der Waals surface area contributed by atoms with Gasteiger partial charge in [0.1, 0.15) is 11.5 Å². The molecule has 2 aromatic rings. The van der Waals surface area contributed by atoms with Crippen LogP contribution in [0.25, 0.3) is 0 Å². The van der Waals surface area contributed by atoms with E-state index in [1.165, 1.54) is 12.3 Å². The Morgan fingerprint density at radius 1 is 1.47 bits per heavy atom. The number of hydrogen-bond donors (Lipinski definition) is 2. The van der Waals surface area contributed by atoms with Crippen molar-refractivity contribution in [1.29, 1.82) is 0 Å². The fourth-order valence-corrected chi connectivity index (χ4v) is 1.31. The van der Waals surface area contributed by atoms with Crippen LogP contribution in [0.5, 0.6) is 0 Å². The zero-order valence-electron chi connectivity index (χ0n) is 9.52. The molecule has 2 N–H and O–H groups in total. The molecular weight excluding hydrogens is 220 g/mol. The van der Waals surface area contributed by atoms with Crippen molar-refractivity contribution < 1.29 is 4.42 Å². The number of rotatable bonds is 3. The summed E-state index contributed by atoms with van der Waals surface area (Å²) in [5, 5.41) is 3.91. The summed E-state index contributed by atoms with van der Waals surface area (Å²) < 4.78 is 5.29. The van der Waals surface area contributed by atoms with E-state index in [0.717, 1.165) is 5.76 Å². The number of nitrogens with zero attached hydrogens (tertiary/aromatic N) is 2. The number of aromatic nitrogens is 2. The lowest BCUT2D eigenvalue weighted by Crippen LogP contribution is -2.10. The normalized spacial score (nSPS) is 10.9. The first-order chi connectivity index (χ1) is 8.13. The van der Waals surface area contributed by atoms with Crippen LogP contribution in [0.3, 0.4) is 0 Å². The molecule has 0 saturated heterocycles. The van der Waals surface area contributed by atoms with E-state index in [1.54, 1.807) is 13.0 Å². The van der Waals surface area contributed by atoms with Gasteiger partial charge in [-0.15, -0.1) is 0 Å². The second kappa shape index (κ2) is 4.65. The summed E-state index contributed by atoms with van der Waals surface area (Å²) in [6.07, 6.45) is 1.51. The fraction of sp³-hybridized carbons (Fsp3) is 0.182. The van der Waals surface area contributed by atoms with Crippen LogP contribution in [-0.4, -0.2) is 16.2 Å². The Balaban J connectivity index is 2.07. The number of anilines is 1. The highest BCUT2D eigenvalue weighted by atomic mass is 16.3. The van der Waals surface area contributed by atoms with Gasteiger partial charge < -0.3 is 4.42 Å². The van der Waals surface area contributed by atoms with Gasteiger partial charge in [0, 0.05) is 11.8 Å². The van der Waals surface area contributed by atoms with Crippen molar-refractivity contribution in [2.75, 3.05) is 5.43 Å². The van der Waals surface area contributed by atoms with Gasteiger partial charge in [0.05, 0.1) is 6.21 Å². The second-order valence-electron chi connectivity index (χ2n) is 3.55. The first-order valence-electron chi connectivity index (χ1n) is 5.07. The zero-order valence-corrected chi connectivity index (χ0v) is 9.52. The van der Waals surface area contributed by atoms with Gasteiger partial charge in [0.2, 0.25) is 5.95 Å². The first-order valence-corrected chi connectivity index (χ1v) is 5.07. The third kappa shape index (κ3) is 3.04. The van der Waals surface area contributed by atoms with E-state index in [0.29, 0.717) is 17.4 Å². The van der Waals surface area contributed by atoms with Crippen LogP contribution < -0.4 is 11.0 Å². The molecule has 0 atom stereocenters. The molecule has 0 aliphatic heterocycles.